The highest BCUT2D eigenvalue weighted by Crippen LogP contribution is 2.32. The summed E-state index contributed by atoms with van der Waals surface area (Å²) in [6.45, 7) is 7.06. The Hall–Kier alpha value is -0.910. The van der Waals surface area contributed by atoms with E-state index in [0.29, 0.717) is 13.0 Å². The van der Waals surface area contributed by atoms with Gasteiger partial charge in [0.15, 0.2) is 0 Å². The van der Waals surface area contributed by atoms with Gasteiger partial charge in [-0.25, -0.2) is 13.6 Å². The van der Waals surface area contributed by atoms with Crippen LogP contribution in [0.5, 0.6) is 0 Å². The molecule has 0 aromatic rings. The maximum absolute atomic E-state index is 13.4. The van der Waals surface area contributed by atoms with Crippen LogP contribution in [0.1, 0.15) is 40.5 Å². The number of carbonyl (C=O) groups excluding carboxylic acids is 1. The molecule has 1 heterocycles. The second-order valence-corrected chi connectivity index (χ2v) is 6.22. The van der Waals surface area contributed by atoms with Crippen molar-refractivity contribution in [2.45, 2.75) is 58.2 Å². The van der Waals surface area contributed by atoms with Gasteiger partial charge in [-0.1, -0.05) is 0 Å². The predicted octanol–water partition coefficient (Wildman–Crippen LogP) is 2.65. The first-order chi connectivity index (χ1) is 8.51. The van der Waals surface area contributed by atoms with E-state index in [-0.39, 0.29) is 12.5 Å². The van der Waals surface area contributed by atoms with E-state index < -0.39 is 30.1 Å². The van der Waals surface area contributed by atoms with Gasteiger partial charge >= 0.3 is 6.09 Å². The summed E-state index contributed by atoms with van der Waals surface area (Å²) in [5.74, 6) is -3.40. The van der Waals surface area contributed by atoms with Crippen LogP contribution in [0.3, 0.4) is 0 Å². The van der Waals surface area contributed by atoms with E-state index in [2.05, 4.69) is 0 Å². The van der Waals surface area contributed by atoms with Crippen molar-refractivity contribution in [2.24, 2.45) is 5.92 Å². The monoisotopic (exact) mass is 279 g/mol. The minimum Gasteiger partial charge on any atom is -0.444 e. The Labute approximate surface area is 112 Å². The number of likely N-dealkylation sites (tertiary alicyclic amines) is 1. The Bertz CT molecular complexity index is 326. The van der Waals surface area contributed by atoms with E-state index in [1.807, 2.05) is 0 Å². The van der Waals surface area contributed by atoms with Gasteiger partial charge in [0.1, 0.15) is 11.7 Å². The molecule has 0 spiro atoms. The topological polar surface area (TPSA) is 49.8 Å². The van der Waals surface area contributed by atoms with Gasteiger partial charge in [0.05, 0.1) is 0 Å². The van der Waals surface area contributed by atoms with Gasteiger partial charge in [-0.15, -0.1) is 0 Å². The molecule has 1 fully saturated rings. The molecule has 6 heteroatoms. The largest absolute Gasteiger partial charge is 0.444 e. The third kappa shape index (κ3) is 4.93. The summed E-state index contributed by atoms with van der Waals surface area (Å²) >= 11 is 0. The van der Waals surface area contributed by atoms with Crippen LogP contribution in [-0.2, 0) is 4.74 Å². The van der Waals surface area contributed by atoms with E-state index >= 15 is 0 Å². The van der Waals surface area contributed by atoms with Crippen molar-refractivity contribution in [3.05, 3.63) is 0 Å². The van der Waals surface area contributed by atoms with Crippen LogP contribution in [0, 0.1) is 5.92 Å². The van der Waals surface area contributed by atoms with Gasteiger partial charge < -0.3 is 14.7 Å². The molecule has 1 aliphatic rings. The summed E-state index contributed by atoms with van der Waals surface area (Å²) in [5.41, 5.74) is -0.585. The lowest BCUT2D eigenvalue weighted by Crippen LogP contribution is -2.37. The summed E-state index contributed by atoms with van der Waals surface area (Å²) in [5, 5.41) is 9.01. The molecule has 0 aliphatic carbocycles. The van der Waals surface area contributed by atoms with Crippen LogP contribution in [-0.4, -0.2) is 46.8 Å². The Morgan fingerprint density at radius 1 is 1.47 bits per heavy atom. The Balaban J connectivity index is 2.48. The Morgan fingerprint density at radius 2 is 2.05 bits per heavy atom. The van der Waals surface area contributed by atoms with Crippen molar-refractivity contribution in [2.75, 3.05) is 13.1 Å². The van der Waals surface area contributed by atoms with Crippen molar-refractivity contribution < 1.29 is 23.4 Å². The first-order valence-corrected chi connectivity index (χ1v) is 6.55. The smallest absolute Gasteiger partial charge is 0.410 e. The molecule has 1 aliphatic heterocycles. The van der Waals surface area contributed by atoms with Crippen molar-refractivity contribution in [3.8, 4) is 0 Å². The Morgan fingerprint density at radius 3 is 2.53 bits per heavy atom. The van der Waals surface area contributed by atoms with E-state index in [4.69, 9.17) is 9.84 Å². The van der Waals surface area contributed by atoms with Crippen LogP contribution < -0.4 is 0 Å². The second kappa shape index (κ2) is 5.61. The van der Waals surface area contributed by atoms with Crippen LogP contribution in [0.4, 0.5) is 13.6 Å². The van der Waals surface area contributed by atoms with Gasteiger partial charge in [-0.3, -0.25) is 0 Å². The molecule has 2 atom stereocenters. The van der Waals surface area contributed by atoms with Gasteiger partial charge in [-0.05, 0) is 40.0 Å². The number of carbonyl (C=O) groups is 1. The van der Waals surface area contributed by atoms with Crippen molar-refractivity contribution >= 4 is 6.09 Å². The van der Waals surface area contributed by atoms with E-state index in [1.165, 1.54) is 4.90 Å². The van der Waals surface area contributed by atoms with Crippen molar-refractivity contribution in [1.29, 1.82) is 0 Å². The summed E-state index contributed by atoms with van der Waals surface area (Å²) in [6.07, 6.45) is -2.01. The first-order valence-electron chi connectivity index (χ1n) is 6.55. The number of aliphatic hydroxyl groups is 1. The molecule has 112 valence electrons. The summed E-state index contributed by atoms with van der Waals surface area (Å²) in [4.78, 5) is 13.2. The zero-order chi connectivity index (χ0) is 14.8. The zero-order valence-corrected chi connectivity index (χ0v) is 11.9. The molecule has 0 radical (unpaired) electrons. The number of hydrogen-bond acceptors (Lipinski definition) is 3. The van der Waals surface area contributed by atoms with E-state index in [0.717, 1.165) is 6.92 Å². The number of ether oxygens (including phenoxy) is 1. The van der Waals surface area contributed by atoms with Gasteiger partial charge in [0.2, 0.25) is 0 Å². The van der Waals surface area contributed by atoms with E-state index in [9.17, 15) is 13.6 Å². The molecule has 0 saturated carbocycles. The zero-order valence-electron chi connectivity index (χ0n) is 11.9. The molecule has 1 N–H and O–H groups in total. The summed E-state index contributed by atoms with van der Waals surface area (Å²) in [7, 11) is 0. The number of nitrogens with zero attached hydrogens (tertiary/aromatic N) is 1. The molecule has 0 bridgehead atoms. The fourth-order valence-electron chi connectivity index (χ4n) is 2.05. The quantitative estimate of drug-likeness (QED) is 0.864. The van der Waals surface area contributed by atoms with Gasteiger partial charge in [0.25, 0.3) is 5.92 Å². The lowest BCUT2D eigenvalue weighted by molar-refractivity contribution is -0.113. The molecule has 0 aromatic heterocycles. The van der Waals surface area contributed by atoms with Crippen LogP contribution in [0.2, 0.25) is 0 Å². The predicted molar refractivity (Wildman–Crippen MR) is 67.2 cm³/mol. The van der Waals surface area contributed by atoms with Crippen LogP contribution in [0.25, 0.3) is 0 Å². The third-order valence-electron chi connectivity index (χ3n) is 3.11. The lowest BCUT2D eigenvalue weighted by atomic mass is 9.97. The number of halogens is 2. The average molecular weight is 279 g/mol. The van der Waals surface area contributed by atoms with Crippen molar-refractivity contribution in [3.63, 3.8) is 0 Å². The highest BCUT2D eigenvalue weighted by molar-refractivity contribution is 5.68. The molecule has 1 rings (SSSR count). The molecule has 2 unspecified atom stereocenters. The number of amides is 1. The normalized spacial score (nSPS) is 22.5. The highest BCUT2D eigenvalue weighted by atomic mass is 19.3. The van der Waals surface area contributed by atoms with E-state index in [1.54, 1.807) is 20.8 Å². The fraction of sp³-hybridized carbons (Fsp3) is 0.923. The maximum atomic E-state index is 13.4. The molecule has 19 heavy (non-hydrogen) atoms. The molecule has 1 saturated heterocycles. The summed E-state index contributed by atoms with van der Waals surface area (Å²) in [6, 6.07) is 0. The minimum absolute atomic E-state index is 0.261. The number of rotatable bonds is 3. The lowest BCUT2D eigenvalue weighted by Gasteiger charge is -2.25. The molecule has 4 nitrogen and oxygen atoms in total. The van der Waals surface area contributed by atoms with Crippen LogP contribution in [0.15, 0.2) is 0 Å². The maximum Gasteiger partial charge on any atom is 0.410 e. The molecule has 1 amide bonds. The summed E-state index contributed by atoms with van der Waals surface area (Å²) < 4.78 is 32.0. The number of alkyl halides is 2. The van der Waals surface area contributed by atoms with Gasteiger partial charge in [-0.2, -0.15) is 0 Å². The fourth-order valence-corrected chi connectivity index (χ4v) is 2.05. The van der Waals surface area contributed by atoms with Gasteiger partial charge in [0, 0.05) is 19.5 Å². The standard InChI is InChI=1S/C13H23F2NO3/c1-9(17)13(14,15)7-10-5-6-16(8-10)11(18)19-12(2,3)4/h9-10,17H,5-8H2,1-4H3. The second-order valence-electron chi connectivity index (χ2n) is 6.22. The number of aliphatic hydroxyl groups excluding tert-OH is 1. The molecule has 0 aromatic carbocycles. The highest BCUT2D eigenvalue weighted by Gasteiger charge is 2.40. The van der Waals surface area contributed by atoms with Crippen molar-refractivity contribution in [1.82, 2.24) is 4.90 Å². The third-order valence-corrected chi connectivity index (χ3v) is 3.11. The average Bonchev–Trinajstić information content (AvgIpc) is 2.62. The minimum atomic E-state index is -3.10. The Kier molecular flexibility index (Phi) is 4.76. The number of hydrogen-bond donors (Lipinski definition) is 1. The first kappa shape index (κ1) is 16.1. The SMILES string of the molecule is CC(O)C(F)(F)CC1CCN(C(=O)OC(C)(C)C)C1. The van der Waals surface area contributed by atoms with Crippen LogP contribution >= 0.6 is 0 Å². The molecular weight excluding hydrogens is 256 g/mol. The molecular formula is C13H23F2NO3.